The van der Waals surface area contributed by atoms with Crippen molar-refractivity contribution in [1.82, 2.24) is 5.32 Å². The molecular weight excluding hydrogens is 262 g/mol. The Bertz CT molecular complexity index is 549. The molecule has 0 heterocycles. The molecular formula is C15H16F2N2O. The van der Waals surface area contributed by atoms with Crippen LogP contribution >= 0.6 is 0 Å². The Morgan fingerprint density at radius 2 is 2.05 bits per heavy atom. The number of rotatable bonds is 6. The molecule has 0 aromatic heterocycles. The summed E-state index contributed by atoms with van der Waals surface area (Å²) < 4.78 is 31.9. The van der Waals surface area contributed by atoms with E-state index < -0.39 is 17.2 Å². The van der Waals surface area contributed by atoms with Crippen molar-refractivity contribution in [3.8, 4) is 11.8 Å². The molecule has 0 aliphatic heterocycles. The number of halogens is 2. The second kappa shape index (κ2) is 5.02. The Kier molecular flexibility index (Phi) is 3.35. The van der Waals surface area contributed by atoms with Gasteiger partial charge in [0.15, 0.2) is 11.6 Å². The Morgan fingerprint density at radius 3 is 2.60 bits per heavy atom. The van der Waals surface area contributed by atoms with E-state index >= 15 is 0 Å². The average Bonchev–Trinajstić information content (AvgIpc) is 3.28. The summed E-state index contributed by atoms with van der Waals surface area (Å²) in [4.78, 5) is 0. The van der Waals surface area contributed by atoms with Crippen LogP contribution in [0.4, 0.5) is 8.78 Å². The van der Waals surface area contributed by atoms with Gasteiger partial charge in [0.25, 0.3) is 0 Å². The van der Waals surface area contributed by atoms with Crippen LogP contribution in [0.25, 0.3) is 0 Å². The number of hydrogen-bond acceptors (Lipinski definition) is 3. The Hall–Kier alpha value is -1.67. The zero-order valence-corrected chi connectivity index (χ0v) is 11.0. The predicted octanol–water partition coefficient (Wildman–Crippen LogP) is 2.77. The van der Waals surface area contributed by atoms with Crippen molar-refractivity contribution in [2.24, 2.45) is 5.92 Å². The molecule has 5 heteroatoms. The highest BCUT2D eigenvalue weighted by molar-refractivity contribution is 5.26. The lowest BCUT2D eigenvalue weighted by Gasteiger charge is -2.28. The molecule has 0 spiro atoms. The minimum absolute atomic E-state index is 0.00993. The topological polar surface area (TPSA) is 45.0 Å². The Balaban J connectivity index is 1.71. The molecule has 2 aliphatic rings. The van der Waals surface area contributed by atoms with Gasteiger partial charge in [-0.25, -0.2) is 8.78 Å². The van der Waals surface area contributed by atoms with Crippen LogP contribution in [0.3, 0.4) is 0 Å². The predicted molar refractivity (Wildman–Crippen MR) is 69.1 cm³/mol. The summed E-state index contributed by atoms with van der Waals surface area (Å²) in [5, 5.41) is 12.8. The van der Waals surface area contributed by atoms with E-state index in [1.165, 1.54) is 6.07 Å². The summed E-state index contributed by atoms with van der Waals surface area (Å²) in [6, 6.07) is 5.89. The van der Waals surface area contributed by atoms with Crippen LogP contribution in [-0.4, -0.2) is 18.2 Å². The van der Waals surface area contributed by atoms with Gasteiger partial charge in [0, 0.05) is 12.1 Å². The molecule has 20 heavy (non-hydrogen) atoms. The van der Waals surface area contributed by atoms with Crippen LogP contribution in [0, 0.1) is 28.9 Å². The minimum Gasteiger partial charge on any atom is -0.487 e. The van der Waals surface area contributed by atoms with Gasteiger partial charge in [0.2, 0.25) is 0 Å². The van der Waals surface area contributed by atoms with Crippen LogP contribution < -0.4 is 10.1 Å². The molecule has 1 unspecified atom stereocenters. The lowest BCUT2D eigenvalue weighted by molar-refractivity contribution is 0.194. The zero-order chi connectivity index (χ0) is 14.2. The maximum atomic E-state index is 13.6. The number of benzene rings is 1. The quantitative estimate of drug-likeness (QED) is 0.870. The van der Waals surface area contributed by atoms with Crippen molar-refractivity contribution in [1.29, 1.82) is 5.26 Å². The van der Waals surface area contributed by atoms with E-state index in [9.17, 15) is 14.0 Å². The second-order valence-corrected chi connectivity index (χ2v) is 5.64. The van der Waals surface area contributed by atoms with Gasteiger partial charge in [0.05, 0.1) is 6.07 Å². The van der Waals surface area contributed by atoms with Gasteiger partial charge in [-0.2, -0.15) is 5.26 Å². The fourth-order valence-corrected chi connectivity index (χ4v) is 2.39. The number of hydrogen-bond donors (Lipinski definition) is 1. The summed E-state index contributed by atoms with van der Waals surface area (Å²) in [6.45, 7) is 0.0905. The average molecular weight is 278 g/mol. The number of ether oxygens (including phenoxy) is 1. The van der Waals surface area contributed by atoms with Crippen molar-refractivity contribution < 1.29 is 13.5 Å². The van der Waals surface area contributed by atoms with Gasteiger partial charge < -0.3 is 4.74 Å². The molecule has 1 N–H and O–H groups in total. The molecule has 0 saturated heterocycles. The molecule has 3 rings (SSSR count). The Morgan fingerprint density at radius 1 is 1.30 bits per heavy atom. The second-order valence-electron chi connectivity index (χ2n) is 5.64. The minimum atomic E-state index is -0.748. The summed E-state index contributed by atoms with van der Waals surface area (Å²) >= 11 is 0. The summed E-state index contributed by atoms with van der Waals surface area (Å²) in [5.74, 6) is -1.13. The first kappa shape index (κ1) is 13.3. The van der Waals surface area contributed by atoms with Crippen LogP contribution in [0.5, 0.6) is 5.75 Å². The standard InChI is InChI=1S/C15H16F2N2O/c16-11-3-6-14(13(17)7-11)20-9-15(8-18,10-1-2-10)19-12-4-5-12/h3,6-7,10,12,19H,1-2,4-5,9H2. The van der Waals surface area contributed by atoms with E-state index in [2.05, 4.69) is 11.4 Å². The fraction of sp³-hybridized carbons (Fsp3) is 0.533. The van der Waals surface area contributed by atoms with Crippen LogP contribution in [0.2, 0.25) is 0 Å². The molecule has 2 aliphatic carbocycles. The maximum Gasteiger partial charge on any atom is 0.167 e. The summed E-state index contributed by atoms with van der Waals surface area (Å²) in [6.07, 6.45) is 4.12. The molecule has 2 fully saturated rings. The molecule has 1 aromatic carbocycles. The third kappa shape index (κ3) is 2.75. The van der Waals surface area contributed by atoms with Crippen molar-refractivity contribution in [3.05, 3.63) is 29.8 Å². The van der Waals surface area contributed by atoms with E-state index in [-0.39, 0.29) is 18.3 Å². The lowest BCUT2D eigenvalue weighted by Crippen LogP contribution is -2.52. The molecule has 2 saturated carbocycles. The van der Waals surface area contributed by atoms with Gasteiger partial charge >= 0.3 is 0 Å². The van der Waals surface area contributed by atoms with Gasteiger partial charge in [-0.1, -0.05) is 0 Å². The number of nitrogens with zero attached hydrogens (tertiary/aromatic N) is 1. The van der Waals surface area contributed by atoms with Crippen molar-refractivity contribution in [2.45, 2.75) is 37.3 Å². The molecule has 0 bridgehead atoms. The molecule has 3 nitrogen and oxygen atoms in total. The van der Waals surface area contributed by atoms with Gasteiger partial charge in [-0.15, -0.1) is 0 Å². The molecule has 1 aromatic rings. The van der Waals surface area contributed by atoms with E-state index in [4.69, 9.17) is 4.74 Å². The highest BCUT2D eigenvalue weighted by atomic mass is 19.1. The smallest absolute Gasteiger partial charge is 0.167 e. The highest BCUT2D eigenvalue weighted by Gasteiger charge is 2.49. The molecule has 106 valence electrons. The van der Waals surface area contributed by atoms with Gasteiger partial charge in [-0.05, 0) is 43.7 Å². The van der Waals surface area contributed by atoms with E-state index in [1.807, 2.05) is 0 Å². The maximum absolute atomic E-state index is 13.6. The van der Waals surface area contributed by atoms with Crippen LogP contribution in [-0.2, 0) is 0 Å². The summed E-state index contributed by atoms with van der Waals surface area (Å²) in [7, 11) is 0. The van der Waals surface area contributed by atoms with Gasteiger partial charge in [-0.3, -0.25) is 5.32 Å². The van der Waals surface area contributed by atoms with Crippen LogP contribution in [0.1, 0.15) is 25.7 Å². The first-order chi connectivity index (χ1) is 9.63. The summed E-state index contributed by atoms with van der Waals surface area (Å²) in [5.41, 5.74) is -0.748. The number of nitrogens with one attached hydrogen (secondary N) is 1. The normalized spacial score (nSPS) is 21.1. The van der Waals surface area contributed by atoms with E-state index in [1.54, 1.807) is 0 Å². The highest BCUT2D eigenvalue weighted by Crippen LogP contribution is 2.41. The monoisotopic (exact) mass is 278 g/mol. The third-order valence-electron chi connectivity index (χ3n) is 3.86. The number of nitriles is 1. The van der Waals surface area contributed by atoms with E-state index in [0.717, 1.165) is 37.8 Å². The third-order valence-corrected chi connectivity index (χ3v) is 3.86. The first-order valence-corrected chi connectivity index (χ1v) is 6.90. The largest absolute Gasteiger partial charge is 0.487 e. The molecule has 1 atom stereocenters. The fourth-order valence-electron chi connectivity index (χ4n) is 2.39. The lowest BCUT2D eigenvalue weighted by atomic mass is 9.96. The first-order valence-electron chi connectivity index (χ1n) is 6.90. The Labute approximate surface area is 116 Å². The van der Waals surface area contributed by atoms with Crippen LogP contribution in [0.15, 0.2) is 18.2 Å². The van der Waals surface area contributed by atoms with Crippen molar-refractivity contribution in [3.63, 3.8) is 0 Å². The molecule has 0 radical (unpaired) electrons. The van der Waals surface area contributed by atoms with Crippen molar-refractivity contribution >= 4 is 0 Å². The zero-order valence-electron chi connectivity index (χ0n) is 11.0. The molecule has 0 amide bonds. The van der Waals surface area contributed by atoms with Crippen molar-refractivity contribution in [2.75, 3.05) is 6.61 Å². The van der Waals surface area contributed by atoms with Gasteiger partial charge in [0.1, 0.15) is 18.0 Å². The van der Waals surface area contributed by atoms with E-state index in [0.29, 0.717) is 6.04 Å². The SMILES string of the molecule is N#CC(COc1ccc(F)cc1F)(NC1CC1)C1CC1.